The van der Waals surface area contributed by atoms with Crippen LogP contribution in [-0.2, 0) is 16.0 Å². The lowest BCUT2D eigenvalue weighted by molar-refractivity contribution is -0.126. The second-order valence-corrected chi connectivity index (χ2v) is 7.69. The van der Waals surface area contributed by atoms with Gasteiger partial charge in [-0.2, -0.15) is 0 Å². The number of aliphatic hydroxyl groups excluding tert-OH is 1. The molecule has 1 aromatic carbocycles. The van der Waals surface area contributed by atoms with Gasteiger partial charge in [0.15, 0.2) is 0 Å². The van der Waals surface area contributed by atoms with Crippen molar-refractivity contribution in [2.75, 3.05) is 40.4 Å². The average Bonchev–Trinajstić information content (AvgIpc) is 3.02. The number of nitrogens with zero attached hydrogens (tertiary/aromatic N) is 2. The molecule has 6 nitrogen and oxygen atoms in total. The second kappa shape index (κ2) is 8.95. The van der Waals surface area contributed by atoms with Crippen LogP contribution in [0.4, 0.5) is 0 Å². The number of aliphatic hydroxyl groups is 1. The fraction of sp³-hybridized carbons (Fsp3) is 0.650. The number of likely N-dealkylation sites (N-methyl/N-ethyl adjacent to an activating group) is 1. The number of morpholine rings is 1. The number of carbonyl (C=O) groups excluding carboxylic acids is 1. The zero-order chi connectivity index (χ0) is 18.5. The average molecular weight is 361 g/mol. The molecule has 2 saturated heterocycles. The highest BCUT2D eigenvalue weighted by atomic mass is 16.5. The molecule has 144 valence electrons. The minimum atomic E-state index is -0.173. The lowest BCUT2D eigenvalue weighted by Gasteiger charge is -2.34. The van der Waals surface area contributed by atoms with E-state index in [1.54, 1.807) is 0 Å². The maximum atomic E-state index is 12.9. The minimum absolute atomic E-state index is 0.0940. The van der Waals surface area contributed by atoms with Crippen LogP contribution in [0.25, 0.3) is 0 Å². The molecule has 2 aliphatic heterocycles. The van der Waals surface area contributed by atoms with Gasteiger partial charge in [0.05, 0.1) is 18.8 Å². The van der Waals surface area contributed by atoms with E-state index in [9.17, 15) is 4.79 Å². The molecule has 0 spiro atoms. The van der Waals surface area contributed by atoms with Crippen molar-refractivity contribution in [2.45, 2.75) is 43.5 Å². The number of benzene rings is 1. The first-order chi connectivity index (χ1) is 12.6. The molecule has 0 radical (unpaired) electrons. The molecule has 3 rings (SSSR count). The number of fused-ring (bicyclic) bond motifs is 1. The number of carbonyl (C=O) groups is 1. The summed E-state index contributed by atoms with van der Waals surface area (Å²) < 4.78 is 5.83. The van der Waals surface area contributed by atoms with Gasteiger partial charge in [0, 0.05) is 31.8 Å². The van der Waals surface area contributed by atoms with Gasteiger partial charge >= 0.3 is 0 Å². The molecule has 2 N–H and O–H groups in total. The number of hydrogen-bond donors (Lipinski definition) is 2. The Balaban J connectivity index is 1.55. The predicted molar refractivity (Wildman–Crippen MR) is 101 cm³/mol. The number of hydrogen-bond acceptors (Lipinski definition) is 5. The molecule has 2 aliphatic rings. The standard InChI is InChI=1S/C20H31N3O3/c1-22(2)19(10-15-6-4-3-5-7-15)20(25)21-16-11-17-14-26-18(8-9-24)13-23(17)12-16/h3-7,16-19,24H,8-14H2,1-2H3,(H,21,25)/t16-,17+,18+,19+/m1/s1. The van der Waals surface area contributed by atoms with Crippen LogP contribution in [0.3, 0.4) is 0 Å². The van der Waals surface area contributed by atoms with Crippen molar-refractivity contribution in [3.05, 3.63) is 35.9 Å². The Kier molecular flexibility index (Phi) is 6.64. The van der Waals surface area contributed by atoms with E-state index in [2.05, 4.69) is 22.3 Å². The second-order valence-electron chi connectivity index (χ2n) is 7.69. The van der Waals surface area contributed by atoms with Gasteiger partial charge in [-0.25, -0.2) is 0 Å². The van der Waals surface area contributed by atoms with E-state index in [0.717, 1.165) is 19.5 Å². The van der Waals surface area contributed by atoms with Crippen molar-refractivity contribution in [1.82, 2.24) is 15.1 Å². The van der Waals surface area contributed by atoms with E-state index >= 15 is 0 Å². The molecular formula is C20H31N3O3. The van der Waals surface area contributed by atoms with Crippen molar-refractivity contribution in [2.24, 2.45) is 0 Å². The monoisotopic (exact) mass is 361 g/mol. The minimum Gasteiger partial charge on any atom is -0.396 e. The van der Waals surface area contributed by atoms with Crippen LogP contribution in [0.15, 0.2) is 30.3 Å². The molecule has 26 heavy (non-hydrogen) atoms. The van der Waals surface area contributed by atoms with E-state index in [1.165, 1.54) is 5.56 Å². The molecule has 2 fully saturated rings. The van der Waals surface area contributed by atoms with Crippen molar-refractivity contribution >= 4 is 5.91 Å². The Morgan fingerprint density at radius 2 is 2.12 bits per heavy atom. The molecule has 0 aliphatic carbocycles. The first-order valence-corrected chi connectivity index (χ1v) is 9.54. The highest BCUT2D eigenvalue weighted by Crippen LogP contribution is 2.24. The number of ether oxygens (including phenoxy) is 1. The van der Waals surface area contributed by atoms with E-state index in [1.807, 2.05) is 37.2 Å². The first kappa shape index (κ1) is 19.3. The Morgan fingerprint density at radius 1 is 1.35 bits per heavy atom. The third-order valence-electron chi connectivity index (χ3n) is 5.49. The van der Waals surface area contributed by atoms with E-state index in [4.69, 9.17) is 9.84 Å². The smallest absolute Gasteiger partial charge is 0.237 e. The fourth-order valence-electron chi connectivity index (χ4n) is 4.01. The molecular weight excluding hydrogens is 330 g/mol. The molecule has 4 atom stereocenters. The zero-order valence-electron chi connectivity index (χ0n) is 15.8. The van der Waals surface area contributed by atoms with Gasteiger partial charge in [0.1, 0.15) is 0 Å². The Bertz CT molecular complexity index is 581. The summed E-state index contributed by atoms with van der Waals surface area (Å²) in [6, 6.07) is 10.5. The van der Waals surface area contributed by atoms with Crippen LogP contribution in [0.2, 0.25) is 0 Å². The molecule has 2 heterocycles. The highest BCUT2D eigenvalue weighted by molar-refractivity contribution is 5.82. The summed E-state index contributed by atoms with van der Waals surface area (Å²) in [5.41, 5.74) is 1.17. The van der Waals surface area contributed by atoms with Gasteiger partial charge in [-0.3, -0.25) is 14.6 Å². The molecule has 0 unspecified atom stereocenters. The summed E-state index contributed by atoms with van der Waals surface area (Å²) in [5, 5.41) is 12.4. The molecule has 6 heteroatoms. The van der Waals surface area contributed by atoms with Crippen molar-refractivity contribution in [1.29, 1.82) is 0 Å². The van der Waals surface area contributed by atoms with Crippen molar-refractivity contribution in [3.8, 4) is 0 Å². The fourth-order valence-corrected chi connectivity index (χ4v) is 4.01. The predicted octanol–water partition coefficient (Wildman–Crippen LogP) is 0.500. The van der Waals surface area contributed by atoms with Gasteiger partial charge in [0.25, 0.3) is 0 Å². The summed E-state index contributed by atoms with van der Waals surface area (Å²) in [7, 11) is 3.91. The molecule has 0 aromatic heterocycles. The number of amides is 1. The third kappa shape index (κ3) is 4.82. The summed E-state index contributed by atoms with van der Waals surface area (Å²) in [4.78, 5) is 17.3. The van der Waals surface area contributed by atoms with E-state index in [-0.39, 0.29) is 30.7 Å². The van der Waals surface area contributed by atoms with Gasteiger partial charge in [-0.05, 0) is 38.9 Å². The number of nitrogens with one attached hydrogen (secondary N) is 1. The summed E-state index contributed by atoms with van der Waals surface area (Å²) in [6.07, 6.45) is 2.43. The summed E-state index contributed by atoms with van der Waals surface area (Å²) in [5.74, 6) is 0.0940. The quantitative estimate of drug-likeness (QED) is 0.740. The largest absolute Gasteiger partial charge is 0.396 e. The van der Waals surface area contributed by atoms with Crippen LogP contribution in [0.1, 0.15) is 18.4 Å². The summed E-state index contributed by atoms with van der Waals surface area (Å²) in [6.45, 7) is 2.57. The van der Waals surface area contributed by atoms with Crippen LogP contribution < -0.4 is 5.32 Å². The van der Waals surface area contributed by atoms with Gasteiger partial charge in [-0.15, -0.1) is 0 Å². The zero-order valence-corrected chi connectivity index (χ0v) is 15.8. The first-order valence-electron chi connectivity index (χ1n) is 9.54. The lowest BCUT2D eigenvalue weighted by atomic mass is 10.0. The van der Waals surface area contributed by atoms with Crippen LogP contribution in [-0.4, -0.2) is 85.4 Å². The highest BCUT2D eigenvalue weighted by Gasteiger charge is 2.38. The molecule has 1 aromatic rings. The SMILES string of the molecule is CN(C)[C@@H](Cc1ccccc1)C(=O)N[C@@H]1C[C@H]2CO[C@@H](CCO)CN2C1. The van der Waals surface area contributed by atoms with Gasteiger partial charge in [-0.1, -0.05) is 30.3 Å². The van der Waals surface area contributed by atoms with Gasteiger partial charge in [0.2, 0.25) is 5.91 Å². The maximum Gasteiger partial charge on any atom is 0.237 e. The van der Waals surface area contributed by atoms with Gasteiger partial charge < -0.3 is 15.2 Å². The van der Waals surface area contributed by atoms with Crippen LogP contribution in [0, 0.1) is 0 Å². The number of rotatable bonds is 7. The van der Waals surface area contributed by atoms with E-state index < -0.39 is 0 Å². The maximum absolute atomic E-state index is 12.9. The van der Waals surface area contributed by atoms with Crippen molar-refractivity contribution < 1.29 is 14.6 Å². The molecule has 0 saturated carbocycles. The molecule has 0 bridgehead atoms. The van der Waals surface area contributed by atoms with Crippen molar-refractivity contribution in [3.63, 3.8) is 0 Å². The summed E-state index contributed by atoms with van der Waals surface area (Å²) >= 11 is 0. The lowest BCUT2D eigenvalue weighted by Crippen LogP contribution is -2.49. The molecule has 1 amide bonds. The normalized spacial score (nSPS) is 27.3. The Morgan fingerprint density at radius 3 is 2.81 bits per heavy atom. The Hall–Kier alpha value is -1.47. The third-order valence-corrected chi connectivity index (χ3v) is 5.49. The topological polar surface area (TPSA) is 65.0 Å². The van der Waals surface area contributed by atoms with Crippen LogP contribution >= 0.6 is 0 Å². The van der Waals surface area contributed by atoms with E-state index in [0.29, 0.717) is 25.5 Å². The van der Waals surface area contributed by atoms with Crippen LogP contribution in [0.5, 0.6) is 0 Å². The Labute approximate surface area is 156 Å².